The lowest BCUT2D eigenvalue weighted by atomic mass is 9.86. The SMILES string of the molecule is Cc1c(C(C)(NCc2nn[nH]n2)C(=O)N2CCCC2)ccc2[nH]c(CNc3ccc(C(=N)N)cc3)nc12.Cl.Cl. The fourth-order valence-electron chi connectivity index (χ4n) is 4.88. The van der Waals surface area contributed by atoms with Crippen LogP contribution in [-0.4, -0.2) is 60.3 Å². The van der Waals surface area contributed by atoms with E-state index in [4.69, 9.17) is 16.1 Å². The smallest absolute Gasteiger partial charge is 0.247 e. The minimum Gasteiger partial charge on any atom is -0.384 e. The molecule has 2 aromatic heterocycles. The van der Waals surface area contributed by atoms with E-state index in [1.165, 1.54) is 0 Å². The molecule has 1 amide bonds. The largest absolute Gasteiger partial charge is 0.384 e. The third-order valence-electron chi connectivity index (χ3n) is 6.96. The Hall–Kier alpha value is -3.74. The number of rotatable bonds is 9. The average molecular weight is 575 g/mol. The van der Waals surface area contributed by atoms with E-state index >= 15 is 0 Å². The van der Waals surface area contributed by atoms with Gasteiger partial charge in [0.05, 0.1) is 24.1 Å². The minimum atomic E-state index is -0.987. The Balaban J connectivity index is 0.00000210. The zero-order valence-corrected chi connectivity index (χ0v) is 23.4. The van der Waals surface area contributed by atoms with Crippen molar-refractivity contribution in [2.24, 2.45) is 5.73 Å². The number of fused-ring (bicyclic) bond motifs is 1. The van der Waals surface area contributed by atoms with Crippen molar-refractivity contribution in [3.63, 3.8) is 0 Å². The Labute approximate surface area is 238 Å². The number of amidine groups is 1. The first-order valence-corrected chi connectivity index (χ1v) is 12.3. The van der Waals surface area contributed by atoms with E-state index in [-0.39, 0.29) is 36.6 Å². The fourth-order valence-corrected chi connectivity index (χ4v) is 4.88. The molecule has 14 heteroatoms. The molecule has 1 fully saturated rings. The van der Waals surface area contributed by atoms with Gasteiger partial charge in [0.25, 0.3) is 0 Å². The van der Waals surface area contributed by atoms with Crippen LogP contribution in [0.1, 0.15) is 48.1 Å². The van der Waals surface area contributed by atoms with Crippen LogP contribution in [0.2, 0.25) is 0 Å². The maximum absolute atomic E-state index is 13.8. The lowest BCUT2D eigenvalue weighted by molar-refractivity contribution is -0.137. The molecule has 5 rings (SSSR count). The minimum absolute atomic E-state index is 0. The van der Waals surface area contributed by atoms with Gasteiger partial charge in [-0.3, -0.25) is 15.5 Å². The molecular weight excluding hydrogens is 541 g/mol. The molecule has 1 saturated heterocycles. The number of tetrazole rings is 1. The molecule has 1 unspecified atom stereocenters. The Morgan fingerprint density at radius 2 is 1.85 bits per heavy atom. The Morgan fingerprint density at radius 3 is 2.49 bits per heavy atom. The number of halogens is 2. The molecule has 12 nitrogen and oxygen atoms in total. The number of nitrogen functional groups attached to an aromatic ring is 1. The van der Waals surface area contributed by atoms with Crippen LogP contribution in [0.4, 0.5) is 5.69 Å². The number of anilines is 1. The second kappa shape index (κ2) is 12.4. The van der Waals surface area contributed by atoms with Crippen molar-refractivity contribution >= 4 is 53.3 Å². The van der Waals surface area contributed by atoms with Crippen molar-refractivity contribution < 1.29 is 4.79 Å². The number of aryl methyl sites for hydroxylation is 1. The van der Waals surface area contributed by atoms with E-state index in [0.717, 1.165) is 59.6 Å². The van der Waals surface area contributed by atoms with Gasteiger partial charge < -0.3 is 20.9 Å². The van der Waals surface area contributed by atoms with E-state index in [1.807, 2.05) is 43.0 Å². The molecule has 3 heterocycles. The van der Waals surface area contributed by atoms with Crippen LogP contribution in [0, 0.1) is 12.3 Å². The summed E-state index contributed by atoms with van der Waals surface area (Å²) in [7, 11) is 0. The highest BCUT2D eigenvalue weighted by molar-refractivity contribution is 5.95. The van der Waals surface area contributed by atoms with Crippen LogP contribution < -0.4 is 16.4 Å². The van der Waals surface area contributed by atoms with Crippen molar-refractivity contribution in [3.8, 4) is 0 Å². The Morgan fingerprint density at radius 1 is 1.13 bits per heavy atom. The molecule has 4 aromatic rings. The zero-order valence-electron chi connectivity index (χ0n) is 21.7. The maximum Gasteiger partial charge on any atom is 0.247 e. The summed E-state index contributed by atoms with van der Waals surface area (Å²) < 4.78 is 0. The lowest BCUT2D eigenvalue weighted by Gasteiger charge is -2.35. The first-order valence-electron chi connectivity index (χ1n) is 12.3. The summed E-state index contributed by atoms with van der Waals surface area (Å²) in [6, 6.07) is 11.3. The van der Waals surface area contributed by atoms with Gasteiger partial charge in [-0.15, -0.1) is 35.0 Å². The van der Waals surface area contributed by atoms with E-state index in [2.05, 4.69) is 36.2 Å². The second-order valence-corrected chi connectivity index (χ2v) is 9.47. The van der Waals surface area contributed by atoms with Gasteiger partial charge >= 0.3 is 0 Å². The second-order valence-electron chi connectivity index (χ2n) is 9.47. The quantitative estimate of drug-likeness (QED) is 0.131. The van der Waals surface area contributed by atoms with E-state index in [1.54, 1.807) is 12.1 Å². The number of H-pyrrole nitrogens is 2. The third kappa shape index (κ3) is 6.13. The van der Waals surface area contributed by atoms with Crippen LogP contribution in [0.3, 0.4) is 0 Å². The van der Waals surface area contributed by atoms with Crippen LogP contribution in [0.5, 0.6) is 0 Å². The van der Waals surface area contributed by atoms with Crippen LogP contribution in [-0.2, 0) is 23.4 Å². The van der Waals surface area contributed by atoms with Crippen molar-refractivity contribution in [3.05, 3.63) is 64.7 Å². The van der Waals surface area contributed by atoms with Gasteiger partial charge in [-0.25, -0.2) is 4.98 Å². The highest BCUT2D eigenvalue weighted by Crippen LogP contribution is 2.32. The number of benzene rings is 2. The van der Waals surface area contributed by atoms with Crippen LogP contribution in [0.15, 0.2) is 36.4 Å². The predicted octanol–water partition coefficient (Wildman–Crippen LogP) is 2.75. The van der Waals surface area contributed by atoms with Crippen molar-refractivity contribution in [2.75, 3.05) is 18.4 Å². The van der Waals surface area contributed by atoms with Crippen molar-refractivity contribution in [1.29, 1.82) is 5.41 Å². The molecule has 1 aliphatic heterocycles. The first-order chi connectivity index (χ1) is 17.8. The van der Waals surface area contributed by atoms with Gasteiger partial charge in [-0.1, -0.05) is 11.3 Å². The number of amides is 1. The molecular formula is C25H33Cl2N11O. The average Bonchev–Trinajstić information content (AvgIpc) is 3.68. The van der Waals surface area contributed by atoms with Gasteiger partial charge in [-0.2, -0.15) is 5.21 Å². The number of nitrogens with zero attached hydrogens (tertiary/aromatic N) is 5. The highest BCUT2D eigenvalue weighted by atomic mass is 35.5. The summed E-state index contributed by atoms with van der Waals surface area (Å²) >= 11 is 0. The van der Waals surface area contributed by atoms with Gasteiger partial charge in [0.15, 0.2) is 5.82 Å². The Kier molecular flexibility index (Phi) is 9.49. The van der Waals surface area contributed by atoms with Crippen LogP contribution >= 0.6 is 24.8 Å². The van der Waals surface area contributed by atoms with Gasteiger partial charge in [0.1, 0.15) is 17.2 Å². The molecule has 1 aliphatic rings. The first kappa shape index (κ1) is 29.8. The van der Waals surface area contributed by atoms with Crippen molar-refractivity contribution in [1.82, 2.24) is 40.8 Å². The third-order valence-corrected chi connectivity index (χ3v) is 6.96. The van der Waals surface area contributed by atoms with E-state index < -0.39 is 5.54 Å². The number of aromatic nitrogens is 6. The number of hydrogen-bond donors (Lipinski definition) is 6. The monoisotopic (exact) mass is 573 g/mol. The molecule has 208 valence electrons. The van der Waals surface area contributed by atoms with Gasteiger partial charge in [-0.05, 0) is 68.1 Å². The molecule has 39 heavy (non-hydrogen) atoms. The zero-order chi connectivity index (χ0) is 26.0. The molecule has 7 N–H and O–H groups in total. The molecule has 0 radical (unpaired) electrons. The number of hydrogen-bond acceptors (Lipinski definition) is 8. The molecule has 0 spiro atoms. The molecule has 2 aromatic carbocycles. The van der Waals surface area contributed by atoms with Gasteiger partial charge in [0.2, 0.25) is 5.91 Å². The predicted molar refractivity (Wildman–Crippen MR) is 154 cm³/mol. The summed E-state index contributed by atoms with van der Waals surface area (Å²) in [5.41, 5.74) is 9.65. The summed E-state index contributed by atoms with van der Waals surface area (Å²) in [5.74, 6) is 1.33. The number of carbonyl (C=O) groups excluding carboxylic acids is 1. The van der Waals surface area contributed by atoms with Crippen molar-refractivity contribution in [2.45, 2.75) is 45.3 Å². The maximum atomic E-state index is 13.8. The lowest BCUT2D eigenvalue weighted by Crippen LogP contribution is -2.53. The summed E-state index contributed by atoms with van der Waals surface area (Å²) in [4.78, 5) is 23.9. The number of imidazole rings is 1. The van der Waals surface area contributed by atoms with E-state index in [9.17, 15) is 4.79 Å². The van der Waals surface area contributed by atoms with Crippen LogP contribution in [0.25, 0.3) is 11.0 Å². The summed E-state index contributed by atoms with van der Waals surface area (Å²) in [5, 5.41) is 28.4. The summed E-state index contributed by atoms with van der Waals surface area (Å²) in [6.45, 7) is 6.21. The number of aromatic amines is 2. The summed E-state index contributed by atoms with van der Waals surface area (Å²) in [6.07, 6.45) is 2.02. The Bertz CT molecular complexity index is 1420. The molecule has 0 bridgehead atoms. The standard InChI is InChI=1S/C25H31N11O.2ClH/c1-15-18(25(2,24(37)36-11-3-4-12-36)29-14-21-32-34-35-33-21)9-10-19-22(15)31-20(30-19)13-28-17-7-5-16(6-8-17)23(26)27;;/h5-10,28-29H,3-4,11-14H2,1-2H3,(H3,26,27)(H,30,31)(H,32,33,34,35);2*1H. The molecule has 1 atom stereocenters. The molecule has 0 aliphatic carbocycles. The number of nitrogens with two attached hydrogens (primary N) is 1. The van der Waals surface area contributed by atoms with Gasteiger partial charge in [0, 0.05) is 24.3 Å². The highest BCUT2D eigenvalue weighted by Gasteiger charge is 2.40. The number of nitrogens with one attached hydrogen (secondary N) is 5. The normalized spacial score (nSPS) is 14.4. The fraction of sp³-hybridized carbons (Fsp3) is 0.360. The number of carbonyl (C=O) groups is 1. The number of likely N-dealkylation sites (tertiary alicyclic amines) is 1. The topological polar surface area (TPSA) is 177 Å². The molecule has 0 saturated carbocycles. The van der Waals surface area contributed by atoms with E-state index in [0.29, 0.717) is 24.5 Å².